The summed E-state index contributed by atoms with van der Waals surface area (Å²) < 4.78 is 0. The van der Waals surface area contributed by atoms with Gasteiger partial charge in [0.2, 0.25) is 11.8 Å². The Morgan fingerprint density at radius 2 is 1.95 bits per heavy atom. The van der Waals surface area contributed by atoms with Crippen LogP contribution in [-0.2, 0) is 9.59 Å². The van der Waals surface area contributed by atoms with Gasteiger partial charge in [0.25, 0.3) is 0 Å². The van der Waals surface area contributed by atoms with Crippen LogP contribution >= 0.6 is 11.6 Å². The minimum Gasteiger partial charge on any atom is -0.340 e. The van der Waals surface area contributed by atoms with E-state index in [0.29, 0.717) is 11.6 Å². The number of anilines is 1. The van der Waals surface area contributed by atoms with Crippen molar-refractivity contribution in [1.29, 1.82) is 0 Å². The molecule has 0 aromatic heterocycles. The minimum absolute atomic E-state index is 0.00487. The van der Waals surface area contributed by atoms with Gasteiger partial charge in [0, 0.05) is 49.9 Å². The predicted molar refractivity (Wildman–Crippen MR) is 86.0 cm³/mol. The van der Waals surface area contributed by atoms with E-state index in [2.05, 4.69) is 11.9 Å². The molecule has 2 saturated heterocycles. The van der Waals surface area contributed by atoms with Crippen molar-refractivity contribution >= 4 is 29.1 Å². The lowest BCUT2D eigenvalue weighted by molar-refractivity contribution is -0.137. The monoisotopic (exact) mass is 321 g/mol. The quantitative estimate of drug-likeness (QED) is 0.828. The highest BCUT2D eigenvalue weighted by molar-refractivity contribution is 6.30. The van der Waals surface area contributed by atoms with Crippen LogP contribution < -0.4 is 4.90 Å². The summed E-state index contributed by atoms with van der Waals surface area (Å²) in [5.41, 5.74) is 0.770. The van der Waals surface area contributed by atoms with E-state index in [9.17, 15) is 9.59 Å². The smallest absolute Gasteiger partial charge is 0.228 e. The van der Waals surface area contributed by atoms with Crippen LogP contribution in [0.2, 0.25) is 5.02 Å². The summed E-state index contributed by atoms with van der Waals surface area (Å²) in [5.74, 6) is -0.143. The molecular formula is C16H20ClN3O2. The van der Waals surface area contributed by atoms with Crippen molar-refractivity contribution in [3.8, 4) is 0 Å². The Kier molecular flexibility index (Phi) is 4.36. The van der Waals surface area contributed by atoms with Crippen LogP contribution in [-0.4, -0.2) is 61.4 Å². The van der Waals surface area contributed by atoms with Crippen LogP contribution in [0.25, 0.3) is 0 Å². The SMILES string of the molecule is CN1CCN(C(=O)C2CC(=O)N(c3cccc(Cl)c3)C2)CC1. The molecule has 0 saturated carbocycles. The van der Waals surface area contributed by atoms with Crippen molar-refractivity contribution < 1.29 is 9.59 Å². The Labute approximate surface area is 135 Å². The number of hydrogen-bond donors (Lipinski definition) is 0. The van der Waals surface area contributed by atoms with Gasteiger partial charge in [-0.1, -0.05) is 17.7 Å². The molecule has 3 rings (SSSR count). The Bertz CT molecular complexity index is 585. The van der Waals surface area contributed by atoms with Gasteiger partial charge < -0.3 is 14.7 Å². The van der Waals surface area contributed by atoms with Crippen molar-refractivity contribution in [2.75, 3.05) is 44.7 Å². The van der Waals surface area contributed by atoms with E-state index in [1.54, 1.807) is 17.0 Å². The molecule has 6 heteroatoms. The second kappa shape index (κ2) is 6.26. The number of hydrogen-bond acceptors (Lipinski definition) is 3. The molecule has 2 aliphatic heterocycles. The van der Waals surface area contributed by atoms with Crippen molar-refractivity contribution in [2.24, 2.45) is 5.92 Å². The topological polar surface area (TPSA) is 43.9 Å². The minimum atomic E-state index is -0.241. The van der Waals surface area contributed by atoms with E-state index in [0.717, 1.165) is 31.9 Å². The maximum absolute atomic E-state index is 12.6. The third-order valence-electron chi connectivity index (χ3n) is 4.41. The zero-order chi connectivity index (χ0) is 15.7. The van der Waals surface area contributed by atoms with Gasteiger partial charge in [0.05, 0.1) is 5.92 Å². The highest BCUT2D eigenvalue weighted by atomic mass is 35.5. The number of benzene rings is 1. The van der Waals surface area contributed by atoms with Gasteiger partial charge in [-0.25, -0.2) is 0 Å². The summed E-state index contributed by atoms with van der Waals surface area (Å²) in [7, 11) is 2.06. The van der Waals surface area contributed by atoms with Crippen molar-refractivity contribution in [3.05, 3.63) is 29.3 Å². The molecule has 2 heterocycles. The standard InChI is InChI=1S/C16H20ClN3O2/c1-18-5-7-19(8-6-18)16(22)12-9-15(21)20(11-12)14-4-2-3-13(17)10-14/h2-4,10,12H,5-9,11H2,1H3. The van der Waals surface area contributed by atoms with E-state index in [-0.39, 0.29) is 24.2 Å². The molecule has 0 spiro atoms. The maximum atomic E-state index is 12.6. The number of carbonyl (C=O) groups is 2. The first kappa shape index (κ1) is 15.3. The Hall–Kier alpha value is -1.59. The summed E-state index contributed by atoms with van der Waals surface area (Å²) in [6.07, 6.45) is 0.289. The number of likely N-dealkylation sites (N-methyl/N-ethyl adjacent to an activating group) is 1. The highest BCUT2D eigenvalue weighted by Gasteiger charge is 2.37. The van der Waals surface area contributed by atoms with Gasteiger partial charge in [-0.05, 0) is 25.2 Å². The number of piperazine rings is 1. The Morgan fingerprint density at radius 3 is 2.64 bits per heavy atom. The summed E-state index contributed by atoms with van der Waals surface area (Å²) >= 11 is 5.99. The normalized spacial score (nSPS) is 23.2. The van der Waals surface area contributed by atoms with E-state index < -0.39 is 0 Å². The van der Waals surface area contributed by atoms with Crippen LogP contribution in [0.15, 0.2) is 24.3 Å². The van der Waals surface area contributed by atoms with Crippen LogP contribution in [0, 0.1) is 5.92 Å². The molecule has 2 aliphatic rings. The summed E-state index contributed by atoms with van der Waals surface area (Å²) in [6.45, 7) is 3.73. The second-order valence-electron chi connectivity index (χ2n) is 6.01. The van der Waals surface area contributed by atoms with Gasteiger partial charge in [0.1, 0.15) is 0 Å². The van der Waals surface area contributed by atoms with Crippen molar-refractivity contribution in [3.63, 3.8) is 0 Å². The third-order valence-corrected chi connectivity index (χ3v) is 4.64. The Balaban J connectivity index is 1.68. The molecule has 1 aromatic carbocycles. The maximum Gasteiger partial charge on any atom is 0.228 e. The zero-order valence-electron chi connectivity index (χ0n) is 12.7. The lowest BCUT2D eigenvalue weighted by Gasteiger charge is -2.33. The van der Waals surface area contributed by atoms with Gasteiger partial charge >= 0.3 is 0 Å². The van der Waals surface area contributed by atoms with E-state index in [1.807, 2.05) is 17.0 Å². The molecule has 1 atom stereocenters. The molecule has 1 aromatic rings. The lowest BCUT2D eigenvalue weighted by atomic mass is 10.1. The first-order valence-corrected chi connectivity index (χ1v) is 7.95. The van der Waals surface area contributed by atoms with Crippen LogP contribution in [0.3, 0.4) is 0 Å². The number of carbonyl (C=O) groups excluding carboxylic acids is 2. The largest absolute Gasteiger partial charge is 0.340 e. The van der Waals surface area contributed by atoms with Crippen molar-refractivity contribution in [2.45, 2.75) is 6.42 Å². The fourth-order valence-electron chi connectivity index (χ4n) is 3.05. The lowest BCUT2D eigenvalue weighted by Crippen LogP contribution is -2.49. The van der Waals surface area contributed by atoms with E-state index in [1.165, 1.54) is 0 Å². The molecular weight excluding hydrogens is 302 g/mol. The molecule has 0 bridgehead atoms. The van der Waals surface area contributed by atoms with E-state index in [4.69, 9.17) is 11.6 Å². The van der Waals surface area contributed by atoms with E-state index >= 15 is 0 Å². The molecule has 0 aliphatic carbocycles. The molecule has 0 N–H and O–H groups in total. The number of nitrogens with zero attached hydrogens (tertiary/aromatic N) is 3. The zero-order valence-corrected chi connectivity index (χ0v) is 13.4. The number of amides is 2. The molecule has 1 unspecified atom stereocenters. The fourth-order valence-corrected chi connectivity index (χ4v) is 3.24. The summed E-state index contributed by atoms with van der Waals surface area (Å²) in [4.78, 5) is 30.6. The second-order valence-corrected chi connectivity index (χ2v) is 6.45. The van der Waals surface area contributed by atoms with Crippen LogP contribution in [0.4, 0.5) is 5.69 Å². The van der Waals surface area contributed by atoms with Crippen LogP contribution in [0.1, 0.15) is 6.42 Å². The Morgan fingerprint density at radius 1 is 1.23 bits per heavy atom. The fraction of sp³-hybridized carbons (Fsp3) is 0.500. The molecule has 5 nitrogen and oxygen atoms in total. The predicted octanol–water partition coefficient (Wildman–Crippen LogP) is 1.47. The summed E-state index contributed by atoms with van der Waals surface area (Å²) in [5, 5.41) is 0.596. The number of halogens is 1. The van der Waals surface area contributed by atoms with Crippen molar-refractivity contribution in [1.82, 2.24) is 9.80 Å². The number of rotatable bonds is 2. The van der Waals surface area contributed by atoms with Gasteiger partial charge in [0.15, 0.2) is 0 Å². The molecule has 118 valence electrons. The molecule has 22 heavy (non-hydrogen) atoms. The van der Waals surface area contributed by atoms with Crippen LogP contribution in [0.5, 0.6) is 0 Å². The molecule has 2 amide bonds. The third kappa shape index (κ3) is 3.10. The first-order chi connectivity index (χ1) is 10.5. The van der Waals surface area contributed by atoms with Gasteiger partial charge in [-0.15, -0.1) is 0 Å². The molecule has 0 radical (unpaired) electrons. The van der Waals surface area contributed by atoms with Gasteiger partial charge in [-0.3, -0.25) is 9.59 Å². The summed E-state index contributed by atoms with van der Waals surface area (Å²) in [6, 6.07) is 7.22. The highest BCUT2D eigenvalue weighted by Crippen LogP contribution is 2.28. The average molecular weight is 322 g/mol. The first-order valence-electron chi connectivity index (χ1n) is 7.58. The van der Waals surface area contributed by atoms with Gasteiger partial charge in [-0.2, -0.15) is 0 Å². The molecule has 2 fully saturated rings. The average Bonchev–Trinajstić information content (AvgIpc) is 2.89.